The van der Waals surface area contributed by atoms with Crippen molar-refractivity contribution in [3.63, 3.8) is 0 Å². The smallest absolute Gasteiger partial charge is 0.251 e. The van der Waals surface area contributed by atoms with Gasteiger partial charge in [0.1, 0.15) is 6.54 Å². The van der Waals surface area contributed by atoms with Gasteiger partial charge in [-0.1, -0.05) is 25.4 Å². The third-order valence-corrected chi connectivity index (χ3v) is 5.98. The van der Waals surface area contributed by atoms with E-state index in [0.717, 1.165) is 10.6 Å². The molecule has 0 saturated heterocycles. The first-order valence-electron chi connectivity index (χ1n) is 7.90. The maximum absolute atomic E-state index is 12.6. The van der Waals surface area contributed by atoms with E-state index in [4.69, 9.17) is 11.6 Å². The summed E-state index contributed by atoms with van der Waals surface area (Å²) in [5, 5.41) is 2.65. The number of aromatic nitrogens is 2. The van der Waals surface area contributed by atoms with Crippen LogP contribution in [0.15, 0.2) is 46.3 Å². The van der Waals surface area contributed by atoms with Crippen LogP contribution in [0, 0.1) is 0 Å². The molecule has 0 radical (unpaired) electrons. The number of carbonyl (C=O) groups is 1. The second-order valence-electron chi connectivity index (χ2n) is 5.31. The van der Waals surface area contributed by atoms with Crippen molar-refractivity contribution < 1.29 is 13.2 Å². The highest BCUT2D eigenvalue weighted by atomic mass is 35.5. The fraction of sp³-hybridized carbons (Fsp3) is 0.312. The van der Waals surface area contributed by atoms with Crippen LogP contribution in [0.1, 0.15) is 13.8 Å². The molecule has 0 aliphatic rings. The lowest BCUT2D eigenvalue weighted by molar-refractivity contribution is -0.116. The monoisotopic (exact) mass is 398 g/mol. The predicted molar refractivity (Wildman–Crippen MR) is 98.7 cm³/mol. The van der Waals surface area contributed by atoms with Crippen LogP contribution in [-0.4, -0.2) is 41.3 Å². The second-order valence-corrected chi connectivity index (χ2v) is 7.61. The minimum atomic E-state index is -3.73. The zero-order valence-electron chi connectivity index (χ0n) is 14.3. The fourth-order valence-electron chi connectivity index (χ4n) is 2.32. The molecule has 0 bridgehead atoms. The number of amides is 1. The molecule has 1 N–H and O–H groups in total. The van der Waals surface area contributed by atoms with E-state index in [1.807, 2.05) is 0 Å². The average Bonchev–Trinajstić information content (AvgIpc) is 2.59. The first-order valence-corrected chi connectivity index (χ1v) is 9.72. The highest BCUT2D eigenvalue weighted by Crippen LogP contribution is 2.17. The van der Waals surface area contributed by atoms with Crippen molar-refractivity contribution in [2.45, 2.75) is 25.3 Å². The summed E-state index contributed by atoms with van der Waals surface area (Å²) in [4.78, 5) is 28.0. The van der Waals surface area contributed by atoms with Crippen molar-refractivity contribution >= 4 is 33.2 Å². The molecule has 2 aromatic rings. The van der Waals surface area contributed by atoms with Gasteiger partial charge in [-0.15, -0.1) is 0 Å². The van der Waals surface area contributed by atoms with Crippen LogP contribution in [0.5, 0.6) is 0 Å². The number of sulfonamides is 1. The molecule has 140 valence electrons. The molecule has 26 heavy (non-hydrogen) atoms. The van der Waals surface area contributed by atoms with E-state index in [-0.39, 0.29) is 16.6 Å². The number of rotatable bonds is 7. The molecule has 0 fully saturated rings. The summed E-state index contributed by atoms with van der Waals surface area (Å²) in [6, 6.07) is 5.53. The second kappa shape index (κ2) is 8.43. The van der Waals surface area contributed by atoms with Gasteiger partial charge in [-0.3, -0.25) is 9.59 Å². The lowest BCUT2D eigenvalue weighted by atomic mass is 10.4. The summed E-state index contributed by atoms with van der Waals surface area (Å²) in [5.41, 5.74) is -0.185. The van der Waals surface area contributed by atoms with Crippen LogP contribution < -0.4 is 10.9 Å². The molecular weight excluding hydrogens is 380 g/mol. The molecule has 10 heteroatoms. The number of halogens is 1. The molecule has 0 aliphatic heterocycles. The van der Waals surface area contributed by atoms with Crippen molar-refractivity contribution in [2.75, 3.05) is 18.4 Å². The molecule has 2 aromatic heterocycles. The first-order chi connectivity index (χ1) is 12.3. The van der Waals surface area contributed by atoms with Crippen molar-refractivity contribution in [2.24, 2.45) is 0 Å². The van der Waals surface area contributed by atoms with Crippen molar-refractivity contribution in [1.82, 2.24) is 13.9 Å². The zero-order valence-corrected chi connectivity index (χ0v) is 15.9. The Morgan fingerprint density at radius 1 is 1.27 bits per heavy atom. The summed E-state index contributed by atoms with van der Waals surface area (Å²) in [5.74, 6) is -0.528. The number of anilines is 1. The molecule has 8 nitrogen and oxygen atoms in total. The minimum absolute atomic E-state index is 0.0481. The molecule has 2 rings (SSSR count). The zero-order chi connectivity index (χ0) is 19.3. The SMILES string of the molecule is CCN(CC)S(=O)(=O)c1ccc(=O)n(CC(=O)Nc2cccnc2Cl)c1. The lowest BCUT2D eigenvalue weighted by Crippen LogP contribution is -2.33. The summed E-state index contributed by atoms with van der Waals surface area (Å²) in [6.45, 7) is 3.70. The third-order valence-electron chi connectivity index (χ3n) is 3.65. The summed E-state index contributed by atoms with van der Waals surface area (Å²) < 4.78 is 27.4. The van der Waals surface area contributed by atoms with E-state index < -0.39 is 21.5 Å². The van der Waals surface area contributed by atoms with Gasteiger partial charge < -0.3 is 9.88 Å². The van der Waals surface area contributed by atoms with E-state index >= 15 is 0 Å². The maximum atomic E-state index is 12.6. The van der Waals surface area contributed by atoms with Crippen LogP contribution in [0.2, 0.25) is 5.15 Å². The first kappa shape index (κ1) is 20.1. The Morgan fingerprint density at radius 2 is 1.96 bits per heavy atom. The summed E-state index contributed by atoms with van der Waals surface area (Å²) in [7, 11) is -3.73. The molecule has 0 saturated carbocycles. The molecule has 0 aliphatic carbocycles. The van der Waals surface area contributed by atoms with Crippen LogP contribution in [0.25, 0.3) is 0 Å². The quantitative estimate of drug-likeness (QED) is 0.713. The van der Waals surface area contributed by atoms with Gasteiger partial charge in [0, 0.05) is 31.5 Å². The molecule has 0 aromatic carbocycles. The minimum Gasteiger partial charge on any atom is -0.322 e. The number of hydrogen-bond acceptors (Lipinski definition) is 5. The van der Waals surface area contributed by atoms with E-state index in [0.29, 0.717) is 18.8 Å². The van der Waals surface area contributed by atoms with Gasteiger partial charge in [-0.2, -0.15) is 4.31 Å². The highest BCUT2D eigenvalue weighted by molar-refractivity contribution is 7.89. The Morgan fingerprint density at radius 3 is 2.58 bits per heavy atom. The Kier molecular flexibility index (Phi) is 6.52. The molecule has 0 spiro atoms. The predicted octanol–water partition coefficient (Wildman–Crippen LogP) is 1.57. The largest absolute Gasteiger partial charge is 0.322 e. The van der Waals surface area contributed by atoms with Crippen LogP contribution >= 0.6 is 11.6 Å². The molecule has 2 heterocycles. The van der Waals surface area contributed by atoms with Gasteiger partial charge in [0.15, 0.2) is 5.15 Å². The van der Waals surface area contributed by atoms with E-state index in [1.54, 1.807) is 26.0 Å². The van der Waals surface area contributed by atoms with Crippen molar-refractivity contribution in [3.8, 4) is 0 Å². The Bertz CT molecular complexity index is 955. The normalized spacial score (nSPS) is 11.5. The standard InChI is InChI=1S/C16H19ClN4O4S/c1-3-21(4-2)26(24,25)12-7-8-15(23)20(10-12)11-14(22)19-13-6-5-9-18-16(13)17/h5-10H,3-4,11H2,1-2H3,(H,19,22). The number of nitrogens with zero attached hydrogens (tertiary/aromatic N) is 3. The van der Waals surface area contributed by atoms with Crippen LogP contribution in [0.4, 0.5) is 5.69 Å². The van der Waals surface area contributed by atoms with Crippen molar-refractivity contribution in [1.29, 1.82) is 0 Å². The maximum Gasteiger partial charge on any atom is 0.251 e. The van der Waals surface area contributed by atoms with Gasteiger partial charge in [0.25, 0.3) is 5.56 Å². The third kappa shape index (κ3) is 4.48. The summed E-state index contributed by atoms with van der Waals surface area (Å²) >= 11 is 5.88. The molecular formula is C16H19ClN4O4S. The van der Waals surface area contributed by atoms with Crippen LogP contribution in [-0.2, 0) is 21.4 Å². The van der Waals surface area contributed by atoms with Gasteiger partial charge >= 0.3 is 0 Å². The van der Waals surface area contributed by atoms with Gasteiger partial charge in [-0.05, 0) is 18.2 Å². The number of hydrogen-bond donors (Lipinski definition) is 1. The topological polar surface area (TPSA) is 101 Å². The fourth-order valence-corrected chi connectivity index (χ4v) is 3.97. The van der Waals surface area contributed by atoms with Gasteiger partial charge in [0.2, 0.25) is 15.9 Å². The average molecular weight is 399 g/mol. The van der Waals surface area contributed by atoms with Crippen LogP contribution in [0.3, 0.4) is 0 Å². The van der Waals surface area contributed by atoms with E-state index in [9.17, 15) is 18.0 Å². The molecule has 0 unspecified atom stereocenters. The van der Waals surface area contributed by atoms with Gasteiger partial charge in [0.05, 0.1) is 10.6 Å². The van der Waals surface area contributed by atoms with Gasteiger partial charge in [-0.25, -0.2) is 13.4 Å². The number of carbonyl (C=O) groups excluding carboxylic acids is 1. The number of pyridine rings is 2. The Hall–Kier alpha value is -2.23. The lowest BCUT2D eigenvalue weighted by Gasteiger charge is -2.19. The Balaban J connectivity index is 2.26. The Labute approximate surface area is 156 Å². The van der Waals surface area contributed by atoms with E-state index in [2.05, 4.69) is 10.3 Å². The summed E-state index contributed by atoms with van der Waals surface area (Å²) in [6.07, 6.45) is 2.64. The number of nitrogens with one attached hydrogen (secondary N) is 1. The highest BCUT2D eigenvalue weighted by Gasteiger charge is 2.22. The molecule has 0 atom stereocenters. The van der Waals surface area contributed by atoms with E-state index in [1.165, 1.54) is 22.8 Å². The molecule has 1 amide bonds. The van der Waals surface area contributed by atoms with Crippen molar-refractivity contribution in [3.05, 3.63) is 52.2 Å².